The van der Waals surface area contributed by atoms with Crippen molar-refractivity contribution in [2.45, 2.75) is 20.0 Å². The molecule has 17 heavy (non-hydrogen) atoms. The highest BCUT2D eigenvalue weighted by Gasteiger charge is 2.25. The Bertz CT molecular complexity index is 551. The molecule has 1 amide bonds. The number of thiophene rings is 1. The summed E-state index contributed by atoms with van der Waals surface area (Å²) in [4.78, 5) is 19.2. The van der Waals surface area contributed by atoms with Crippen LogP contribution in [0.5, 0.6) is 0 Å². The number of aromatic nitrogens is 1. The lowest BCUT2D eigenvalue weighted by atomic mass is 10.2. The van der Waals surface area contributed by atoms with Crippen LogP contribution in [0.4, 0.5) is 0 Å². The van der Waals surface area contributed by atoms with E-state index in [9.17, 15) is 4.79 Å². The molecule has 0 radical (unpaired) electrons. The lowest BCUT2D eigenvalue weighted by Gasteiger charge is -2.13. The molecular weight excluding hydrogens is 232 g/mol. The summed E-state index contributed by atoms with van der Waals surface area (Å²) in [6.45, 7) is 3.32. The highest BCUT2D eigenvalue weighted by atomic mass is 32.1. The van der Waals surface area contributed by atoms with E-state index in [4.69, 9.17) is 0 Å². The number of hydrogen-bond donors (Lipinski definition) is 0. The van der Waals surface area contributed by atoms with Gasteiger partial charge >= 0.3 is 0 Å². The van der Waals surface area contributed by atoms with Crippen LogP contribution in [0, 0.1) is 6.92 Å². The Morgan fingerprint density at radius 3 is 3.06 bits per heavy atom. The minimum atomic E-state index is 0.112. The first kappa shape index (κ1) is 10.5. The Labute approximate surface area is 104 Å². The first-order chi connectivity index (χ1) is 8.24. The molecule has 3 nitrogen and oxygen atoms in total. The number of nitrogens with zero attached hydrogens (tertiary/aromatic N) is 2. The third-order valence-electron chi connectivity index (χ3n) is 2.91. The predicted molar refractivity (Wildman–Crippen MR) is 66.9 cm³/mol. The summed E-state index contributed by atoms with van der Waals surface area (Å²) in [5.74, 6) is 0.112. The van der Waals surface area contributed by atoms with Crippen molar-refractivity contribution in [2.75, 3.05) is 0 Å². The van der Waals surface area contributed by atoms with Gasteiger partial charge in [0.25, 0.3) is 5.91 Å². The number of amides is 1. The van der Waals surface area contributed by atoms with E-state index < -0.39 is 0 Å². The monoisotopic (exact) mass is 244 g/mol. The quantitative estimate of drug-likeness (QED) is 0.772. The molecule has 1 aliphatic heterocycles. The van der Waals surface area contributed by atoms with E-state index in [2.05, 4.69) is 4.98 Å². The second-order valence-electron chi connectivity index (χ2n) is 4.26. The van der Waals surface area contributed by atoms with Crippen LogP contribution in [-0.2, 0) is 13.1 Å². The van der Waals surface area contributed by atoms with Gasteiger partial charge in [0.2, 0.25) is 0 Å². The molecule has 0 unspecified atom stereocenters. The van der Waals surface area contributed by atoms with Crippen LogP contribution in [0.2, 0.25) is 0 Å². The van der Waals surface area contributed by atoms with Crippen LogP contribution in [0.25, 0.3) is 0 Å². The Hall–Kier alpha value is -1.68. The summed E-state index contributed by atoms with van der Waals surface area (Å²) in [6, 6.07) is 5.90. The zero-order valence-corrected chi connectivity index (χ0v) is 10.3. The summed E-state index contributed by atoms with van der Waals surface area (Å²) in [6.07, 6.45) is 1.78. The maximum Gasteiger partial charge on any atom is 0.264 e. The van der Waals surface area contributed by atoms with Gasteiger partial charge in [-0.2, -0.15) is 0 Å². The average Bonchev–Trinajstić information content (AvgIpc) is 2.93. The molecule has 0 fully saturated rings. The number of fused-ring (bicyclic) bond motifs is 1. The molecule has 0 bridgehead atoms. The van der Waals surface area contributed by atoms with E-state index in [1.807, 2.05) is 35.4 Å². The topological polar surface area (TPSA) is 33.2 Å². The van der Waals surface area contributed by atoms with E-state index in [0.717, 1.165) is 21.7 Å². The van der Waals surface area contributed by atoms with E-state index in [1.165, 1.54) is 11.3 Å². The van der Waals surface area contributed by atoms with E-state index in [0.29, 0.717) is 13.1 Å². The lowest BCUT2D eigenvalue weighted by molar-refractivity contribution is 0.0755. The standard InChI is InChI=1S/C13H12N2OS/c1-9-5-12(17-8-9)13(16)15-6-10-3-2-4-14-11(10)7-15/h2-5,8H,6-7H2,1H3. The molecule has 3 heterocycles. The lowest BCUT2D eigenvalue weighted by Crippen LogP contribution is -2.24. The second-order valence-corrected chi connectivity index (χ2v) is 5.17. The number of rotatable bonds is 1. The fraction of sp³-hybridized carbons (Fsp3) is 0.231. The summed E-state index contributed by atoms with van der Waals surface area (Å²) in [7, 11) is 0. The molecule has 0 aliphatic carbocycles. The van der Waals surface area contributed by atoms with Crippen LogP contribution in [0.3, 0.4) is 0 Å². The van der Waals surface area contributed by atoms with Gasteiger partial charge in [-0.1, -0.05) is 6.07 Å². The van der Waals surface area contributed by atoms with Gasteiger partial charge in [0.05, 0.1) is 17.1 Å². The van der Waals surface area contributed by atoms with Gasteiger partial charge < -0.3 is 4.90 Å². The zero-order chi connectivity index (χ0) is 11.8. The SMILES string of the molecule is Cc1csc(C(=O)N2Cc3cccnc3C2)c1. The number of pyridine rings is 1. The number of aryl methyl sites for hydroxylation is 1. The van der Waals surface area contributed by atoms with Gasteiger partial charge in [0.15, 0.2) is 0 Å². The molecule has 0 spiro atoms. The molecule has 3 rings (SSSR count). The van der Waals surface area contributed by atoms with Crippen LogP contribution in [-0.4, -0.2) is 15.8 Å². The fourth-order valence-corrected chi connectivity index (χ4v) is 2.91. The van der Waals surface area contributed by atoms with Gasteiger partial charge in [0.1, 0.15) is 0 Å². The minimum absolute atomic E-state index is 0.112. The van der Waals surface area contributed by atoms with Crippen molar-refractivity contribution in [1.29, 1.82) is 0 Å². The largest absolute Gasteiger partial charge is 0.328 e. The van der Waals surface area contributed by atoms with Crippen molar-refractivity contribution in [3.63, 3.8) is 0 Å². The van der Waals surface area contributed by atoms with Gasteiger partial charge in [-0.25, -0.2) is 0 Å². The number of carbonyl (C=O) groups excluding carboxylic acids is 1. The van der Waals surface area contributed by atoms with Crippen LogP contribution in [0.15, 0.2) is 29.8 Å². The summed E-state index contributed by atoms with van der Waals surface area (Å²) >= 11 is 1.51. The molecule has 2 aromatic rings. The van der Waals surface area contributed by atoms with Crippen LogP contribution < -0.4 is 0 Å². The molecule has 4 heteroatoms. The Morgan fingerprint density at radius 1 is 1.47 bits per heavy atom. The smallest absolute Gasteiger partial charge is 0.264 e. The Balaban J connectivity index is 1.83. The third kappa shape index (κ3) is 1.85. The first-order valence-electron chi connectivity index (χ1n) is 5.51. The van der Waals surface area contributed by atoms with Crippen molar-refractivity contribution in [1.82, 2.24) is 9.88 Å². The molecule has 0 saturated carbocycles. The molecule has 0 N–H and O–H groups in total. The van der Waals surface area contributed by atoms with Crippen molar-refractivity contribution < 1.29 is 4.79 Å². The molecule has 86 valence electrons. The molecule has 0 aromatic carbocycles. The molecule has 2 aromatic heterocycles. The fourth-order valence-electron chi connectivity index (χ4n) is 2.04. The van der Waals surface area contributed by atoms with Gasteiger partial charge in [-0.05, 0) is 35.6 Å². The zero-order valence-electron chi connectivity index (χ0n) is 9.51. The van der Waals surface area contributed by atoms with Gasteiger partial charge in [0, 0.05) is 12.7 Å². The number of hydrogen-bond acceptors (Lipinski definition) is 3. The van der Waals surface area contributed by atoms with Gasteiger partial charge in [-0.3, -0.25) is 9.78 Å². The molecule has 0 saturated heterocycles. The molecular formula is C13H12N2OS. The van der Waals surface area contributed by atoms with Crippen molar-refractivity contribution in [3.8, 4) is 0 Å². The summed E-state index contributed by atoms with van der Waals surface area (Å²) < 4.78 is 0. The average molecular weight is 244 g/mol. The minimum Gasteiger partial charge on any atom is -0.328 e. The van der Waals surface area contributed by atoms with Gasteiger partial charge in [-0.15, -0.1) is 11.3 Å². The maximum atomic E-state index is 12.2. The van der Waals surface area contributed by atoms with E-state index in [1.54, 1.807) is 6.20 Å². The summed E-state index contributed by atoms with van der Waals surface area (Å²) in [5.41, 5.74) is 3.33. The Morgan fingerprint density at radius 2 is 2.35 bits per heavy atom. The summed E-state index contributed by atoms with van der Waals surface area (Å²) in [5, 5.41) is 2.01. The van der Waals surface area contributed by atoms with Crippen molar-refractivity contribution in [3.05, 3.63) is 51.5 Å². The van der Waals surface area contributed by atoms with Crippen molar-refractivity contribution in [2.24, 2.45) is 0 Å². The third-order valence-corrected chi connectivity index (χ3v) is 3.95. The predicted octanol–water partition coefficient (Wildman–Crippen LogP) is 2.61. The highest BCUT2D eigenvalue weighted by Crippen LogP contribution is 2.24. The molecule has 0 atom stereocenters. The van der Waals surface area contributed by atoms with Crippen LogP contribution in [0.1, 0.15) is 26.5 Å². The second kappa shape index (κ2) is 3.96. The van der Waals surface area contributed by atoms with Crippen LogP contribution >= 0.6 is 11.3 Å². The maximum absolute atomic E-state index is 12.2. The first-order valence-corrected chi connectivity index (χ1v) is 6.39. The Kier molecular flexibility index (Phi) is 2.44. The van der Waals surface area contributed by atoms with E-state index >= 15 is 0 Å². The normalized spacial score (nSPS) is 13.8. The highest BCUT2D eigenvalue weighted by molar-refractivity contribution is 7.12. The van der Waals surface area contributed by atoms with E-state index in [-0.39, 0.29) is 5.91 Å². The van der Waals surface area contributed by atoms with Crippen molar-refractivity contribution >= 4 is 17.2 Å². The molecule has 1 aliphatic rings. The number of carbonyl (C=O) groups is 1.